The number of rotatable bonds is 3. The average molecular weight is 464 g/mol. The van der Waals surface area contributed by atoms with Crippen LogP contribution >= 0.6 is 0 Å². The van der Waals surface area contributed by atoms with Crippen molar-refractivity contribution in [2.45, 2.75) is 43.7 Å². The number of aromatic nitrogens is 4. The lowest BCUT2D eigenvalue weighted by molar-refractivity contribution is 0.210. The molecule has 0 amide bonds. The highest BCUT2D eigenvalue weighted by Gasteiger charge is 2.42. The molecule has 2 aliphatic heterocycles. The molecule has 4 aromatic rings. The minimum absolute atomic E-state index is 0.257. The monoisotopic (exact) mass is 463 g/mol. The number of hydrogen-bond donors (Lipinski definition) is 2. The molecule has 35 heavy (non-hydrogen) atoms. The minimum atomic E-state index is 0.257. The van der Waals surface area contributed by atoms with Crippen molar-refractivity contribution in [3.8, 4) is 28.6 Å². The standard InChI is InChI=1S/C26H25N9/c27-15-31-26(29)34-19-7-8-20(34)11-18(10-19)23-12-24(28)35-25(33-23)21(14-32-35)17-6-9-22(30-13-17)16-4-2-1-3-5-16/h1-6,9,12-14,18-20H,7-8,10-11,28H2,(H2,29,31)/t18?,19-,20+. The van der Waals surface area contributed by atoms with E-state index in [1.54, 1.807) is 10.7 Å². The number of hydrogen-bond acceptors (Lipinski definition) is 6. The Morgan fingerprint density at radius 1 is 1.03 bits per heavy atom. The topological polar surface area (TPSA) is 135 Å². The second-order valence-corrected chi connectivity index (χ2v) is 9.23. The van der Waals surface area contributed by atoms with Crippen molar-refractivity contribution in [2.75, 3.05) is 5.73 Å². The maximum atomic E-state index is 8.91. The van der Waals surface area contributed by atoms with Crippen molar-refractivity contribution in [3.63, 3.8) is 0 Å². The fourth-order valence-corrected chi connectivity index (χ4v) is 5.65. The van der Waals surface area contributed by atoms with Gasteiger partial charge in [-0.3, -0.25) is 4.98 Å². The van der Waals surface area contributed by atoms with Gasteiger partial charge in [0, 0.05) is 52.6 Å². The summed E-state index contributed by atoms with van der Waals surface area (Å²) in [6.45, 7) is 0. The van der Waals surface area contributed by atoms with Crippen LogP contribution in [0.25, 0.3) is 28.0 Å². The number of piperidine rings is 1. The molecular formula is C26H25N9. The first-order valence-corrected chi connectivity index (χ1v) is 11.8. The molecule has 3 atom stereocenters. The third-order valence-corrected chi connectivity index (χ3v) is 7.24. The van der Waals surface area contributed by atoms with Crippen molar-refractivity contribution in [2.24, 2.45) is 10.7 Å². The van der Waals surface area contributed by atoms with Gasteiger partial charge in [0.25, 0.3) is 0 Å². The van der Waals surface area contributed by atoms with Gasteiger partial charge in [-0.2, -0.15) is 14.9 Å². The molecule has 0 saturated carbocycles. The van der Waals surface area contributed by atoms with Crippen LogP contribution in [0, 0.1) is 11.5 Å². The average Bonchev–Trinajstić information content (AvgIpc) is 3.43. The van der Waals surface area contributed by atoms with Crippen LogP contribution in [0.4, 0.5) is 5.82 Å². The zero-order chi connectivity index (χ0) is 23.9. The first kappa shape index (κ1) is 21.1. The van der Waals surface area contributed by atoms with Crippen LogP contribution in [0.3, 0.4) is 0 Å². The molecule has 5 heterocycles. The third-order valence-electron chi connectivity index (χ3n) is 7.24. The van der Waals surface area contributed by atoms with Gasteiger partial charge in [-0.05, 0) is 31.7 Å². The number of fused-ring (bicyclic) bond motifs is 3. The molecule has 4 N–H and O–H groups in total. The predicted octanol–water partition coefficient (Wildman–Crippen LogP) is 3.55. The van der Waals surface area contributed by atoms with E-state index in [4.69, 9.17) is 21.7 Å². The highest BCUT2D eigenvalue weighted by atomic mass is 15.3. The maximum absolute atomic E-state index is 8.91. The van der Waals surface area contributed by atoms with E-state index in [2.05, 4.69) is 20.0 Å². The molecule has 2 aliphatic rings. The zero-order valence-corrected chi connectivity index (χ0v) is 19.1. The van der Waals surface area contributed by atoms with Crippen LogP contribution in [0.15, 0.2) is 65.9 Å². The normalized spacial score (nSPS) is 21.9. The first-order valence-electron chi connectivity index (χ1n) is 11.8. The Morgan fingerprint density at radius 3 is 2.49 bits per heavy atom. The number of anilines is 1. The number of nitrogen functional groups attached to an aromatic ring is 1. The van der Waals surface area contributed by atoms with Gasteiger partial charge in [-0.25, -0.2) is 4.98 Å². The number of nitrogens with two attached hydrogens (primary N) is 2. The molecule has 0 spiro atoms. The summed E-state index contributed by atoms with van der Waals surface area (Å²) in [6, 6.07) is 16.6. The second kappa shape index (κ2) is 8.40. The molecule has 0 aliphatic carbocycles. The summed E-state index contributed by atoms with van der Waals surface area (Å²) in [6.07, 6.45) is 9.35. The molecule has 1 aromatic carbocycles. The Morgan fingerprint density at radius 2 is 1.80 bits per heavy atom. The number of nitrogens with zero attached hydrogens (tertiary/aromatic N) is 7. The van der Waals surface area contributed by atoms with Gasteiger partial charge in [0.1, 0.15) is 5.82 Å². The molecule has 0 radical (unpaired) electrons. The molecule has 174 valence electrons. The smallest absolute Gasteiger partial charge is 0.209 e. The quantitative estimate of drug-likeness (QED) is 0.269. The largest absolute Gasteiger partial charge is 0.384 e. The summed E-state index contributed by atoms with van der Waals surface area (Å²) in [7, 11) is 0. The van der Waals surface area contributed by atoms with Crippen LogP contribution < -0.4 is 11.5 Å². The number of guanidine groups is 1. The Hall–Kier alpha value is -4.45. The van der Waals surface area contributed by atoms with Crippen molar-refractivity contribution in [1.82, 2.24) is 24.5 Å². The molecule has 2 fully saturated rings. The summed E-state index contributed by atoms with van der Waals surface area (Å²) < 4.78 is 1.69. The van der Waals surface area contributed by atoms with Crippen molar-refractivity contribution in [3.05, 3.63) is 66.6 Å². The minimum Gasteiger partial charge on any atom is -0.384 e. The van der Waals surface area contributed by atoms with Gasteiger partial charge in [0.05, 0.1) is 11.9 Å². The van der Waals surface area contributed by atoms with Gasteiger partial charge in [-0.15, -0.1) is 4.99 Å². The highest BCUT2D eigenvalue weighted by Crippen LogP contribution is 2.43. The predicted molar refractivity (Wildman–Crippen MR) is 134 cm³/mol. The van der Waals surface area contributed by atoms with E-state index in [1.165, 1.54) is 0 Å². The van der Waals surface area contributed by atoms with Crippen LogP contribution in [0.1, 0.15) is 37.3 Å². The molecular weight excluding hydrogens is 438 g/mol. The van der Waals surface area contributed by atoms with E-state index in [9.17, 15) is 0 Å². The molecule has 2 saturated heterocycles. The van der Waals surface area contributed by atoms with Gasteiger partial charge >= 0.3 is 0 Å². The summed E-state index contributed by atoms with van der Waals surface area (Å²) in [5, 5.41) is 13.4. The molecule has 1 unspecified atom stereocenters. The Labute approximate surface area is 202 Å². The lowest BCUT2D eigenvalue weighted by atomic mass is 9.88. The van der Waals surface area contributed by atoms with Gasteiger partial charge in [0.15, 0.2) is 5.65 Å². The van der Waals surface area contributed by atoms with Crippen LogP contribution in [-0.2, 0) is 0 Å². The van der Waals surface area contributed by atoms with E-state index < -0.39 is 0 Å². The SMILES string of the molecule is N#CN=C(N)N1[C@@H]2CC[C@H]1CC(c1cc(N)n3ncc(-c4ccc(-c5ccccc5)nc4)c3n1)C2. The van der Waals surface area contributed by atoms with Crippen LogP contribution in [-0.4, -0.2) is 42.5 Å². The zero-order valence-electron chi connectivity index (χ0n) is 19.1. The van der Waals surface area contributed by atoms with Gasteiger partial charge < -0.3 is 16.4 Å². The van der Waals surface area contributed by atoms with E-state index in [1.807, 2.05) is 60.9 Å². The van der Waals surface area contributed by atoms with E-state index in [0.717, 1.165) is 59.4 Å². The van der Waals surface area contributed by atoms with Gasteiger partial charge in [-0.1, -0.05) is 36.4 Å². The Balaban J connectivity index is 1.32. The fourth-order valence-electron chi connectivity index (χ4n) is 5.65. The summed E-state index contributed by atoms with van der Waals surface area (Å²) in [5.74, 6) is 1.14. The lowest BCUT2D eigenvalue weighted by Crippen LogP contribution is -2.49. The number of nitriles is 1. The van der Waals surface area contributed by atoms with Gasteiger partial charge in [0.2, 0.25) is 12.2 Å². The Bertz CT molecular complexity index is 1440. The molecule has 2 bridgehead atoms. The number of aliphatic imine (C=N–C) groups is 1. The number of pyridine rings is 1. The lowest BCUT2D eigenvalue weighted by Gasteiger charge is -2.39. The van der Waals surface area contributed by atoms with Crippen molar-refractivity contribution >= 4 is 17.4 Å². The van der Waals surface area contributed by atoms with Crippen molar-refractivity contribution < 1.29 is 0 Å². The van der Waals surface area contributed by atoms with E-state index in [0.29, 0.717) is 11.8 Å². The second-order valence-electron chi connectivity index (χ2n) is 9.23. The molecule has 9 heteroatoms. The number of benzene rings is 1. The van der Waals surface area contributed by atoms with E-state index in [-0.39, 0.29) is 18.0 Å². The highest BCUT2D eigenvalue weighted by molar-refractivity contribution is 5.80. The van der Waals surface area contributed by atoms with Crippen molar-refractivity contribution in [1.29, 1.82) is 5.26 Å². The molecule has 9 nitrogen and oxygen atoms in total. The third kappa shape index (κ3) is 3.64. The fraction of sp³-hybridized carbons (Fsp3) is 0.269. The summed E-state index contributed by atoms with van der Waals surface area (Å²) in [5.41, 5.74) is 18.0. The molecule has 3 aromatic heterocycles. The maximum Gasteiger partial charge on any atom is 0.209 e. The summed E-state index contributed by atoms with van der Waals surface area (Å²) in [4.78, 5) is 15.6. The Kier molecular flexibility index (Phi) is 5.07. The summed E-state index contributed by atoms with van der Waals surface area (Å²) >= 11 is 0. The van der Waals surface area contributed by atoms with E-state index >= 15 is 0 Å². The van der Waals surface area contributed by atoms with Crippen LogP contribution in [0.2, 0.25) is 0 Å². The molecule has 6 rings (SSSR count). The first-order chi connectivity index (χ1) is 17.1. The van der Waals surface area contributed by atoms with Crippen LogP contribution in [0.5, 0.6) is 0 Å².